The van der Waals surface area contributed by atoms with Gasteiger partial charge in [-0.05, 0) is 25.5 Å². The third-order valence-electron chi connectivity index (χ3n) is 2.50. The summed E-state index contributed by atoms with van der Waals surface area (Å²) < 4.78 is 0. The number of nitrogens with one attached hydrogen (secondary N) is 1. The highest BCUT2D eigenvalue weighted by Gasteiger charge is 2.13. The summed E-state index contributed by atoms with van der Waals surface area (Å²) in [6, 6.07) is 3.51. The second-order valence-corrected chi connectivity index (χ2v) is 4.04. The summed E-state index contributed by atoms with van der Waals surface area (Å²) in [4.78, 5) is 17.6. The molecule has 0 fully saturated rings. The number of hydrogen-bond acceptors (Lipinski definition) is 4. The summed E-state index contributed by atoms with van der Waals surface area (Å²) in [5.41, 5.74) is 1.26. The number of aliphatic hydroxyl groups is 1. The number of anilines is 1. The summed E-state index contributed by atoms with van der Waals surface area (Å²) in [6.07, 6.45) is 1.76. The van der Waals surface area contributed by atoms with Crippen molar-refractivity contribution in [3.05, 3.63) is 24.0 Å². The van der Waals surface area contributed by atoms with E-state index >= 15 is 0 Å². The van der Waals surface area contributed by atoms with Gasteiger partial charge in [0, 0.05) is 32.5 Å². The number of carbonyl (C=O) groups is 1. The van der Waals surface area contributed by atoms with E-state index in [2.05, 4.69) is 10.3 Å². The van der Waals surface area contributed by atoms with Gasteiger partial charge in [-0.25, -0.2) is 0 Å². The van der Waals surface area contributed by atoms with E-state index < -0.39 is 6.10 Å². The van der Waals surface area contributed by atoms with Gasteiger partial charge in [-0.3, -0.25) is 9.78 Å². The van der Waals surface area contributed by atoms with Crippen molar-refractivity contribution in [1.82, 2.24) is 9.88 Å². The highest BCUT2D eigenvalue weighted by atomic mass is 16.3. The van der Waals surface area contributed by atoms with Crippen LogP contribution in [-0.4, -0.2) is 47.6 Å². The molecule has 0 aliphatic carbocycles. The first-order valence-corrected chi connectivity index (χ1v) is 5.62. The monoisotopic (exact) mass is 237 g/mol. The number of hydrogen-bond donors (Lipinski definition) is 2. The Labute approximate surface area is 101 Å². The van der Waals surface area contributed by atoms with Crippen molar-refractivity contribution in [2.24, 2.45) is 0 Å². The number of nitrogens with zero attached hydrogens (tertiary/aromatic N) is 2. The van der Waals surface area contributed by atoms with Crippen LogP contribution in [0, 0.1) is 0 Å². The molecule has 0 saturated carbocycles. The number of pyridine rings is 1. The molecule has 0 aromatic carbocycles. The van der Waals surface area contributed by atoms with Crippen molar-refractivity contribution < 1.29 is 9.90 Å². The molecule has 0 spiro atoms. The summed E-state index contributed by atoms with van der Waals surface area (Å²) >= 11 is 0. The van der Waals surface area contributed by atoms with Gasteiger partial charge in [0.1, 0.15) is 5.69 Å². The number of carbonyl (C=O) groups excluding carboxylic acids is 1. The minimum absolute atomic E-state index is 0.136. The van der Waals surface area contributed by atoms with Crippen LogP contribution in [0.5, 0.6) is 0 Å². The number of aliphatic hydroxyl groups excluding tert-OH is 1. The van der Waals surface area contributed by atoms with E-state index in [4.69, 9.17) is 0 Å². The van der Waals surface area contributed by atoms with Gasteiger partial charge in [0.05, 0.1) is 6.10 Å². The highest BCUT2D eigenvalue weighted by Crippen LogP contribution is 2.09. The first-order chi connectivity index (χ1) is 8.04. The van der Waals surface area contributed by atoms with Gasteiger partial charge in [0.2, 0.25) is 0 Å². The van der Waals surface area contributed by atoms with Crippen LogP contribution in [0.1, 0.15) is 23.8 Å². The molecule has 0 saturated heterocycles. The van der Waals surface area contributed by atoms with Gasteiger partial charge < -0.3 is 15.3 Å². The molecule has 5 nitrogen and oxygen atoms in total. The van der Waals surface area contributed by atoms with Gasteiger partial charge >= 0.3 is 0 Å². The maximum Gasteiger partial charge on any atom is 0.272 e. The van der Waals surface area contributed by atoms with Crippen LogP contribution in [0.4, 0.5) is 5.69 Å². The topological polar surface area (TPSA) is 65.5 Å². The standard InChI is InChI=1S/C12H19N3O2/c1-9(16)5-7-15(3)12(17)11-8-10(13-2)4-6-14-11/h4,6,8-9,16H,5,7H2,1-3H3,(H,13,14). The number of rotatable bonds is 5. The van der Waals surface area contributed by atoms with Crippen molar-refractivity contribution in [1.29, 1.82) is 0 Å². The summed E-state index contributed by atoms with van der Waals surface area (Å²) in [5, 5.41) is 12.1. The Morgan fingerprint density at radius 3 is 2.94 bits per heavy atom. The highest BCUT2D eigenvalue weighted by molar-refractivity contribution is 5.92. The van der Waals surface area contributed by atoms with Crippen molar-refractivity contribution in [3.63, 3.8) is 0 Å². The second kappa shape index (κ2) is 6.20. The summed E-state index contributed by atoms with van der Waals surface area (Å²) in [6.45, 7) is 2.22. The zero-order chi connectivity index (χ0) is 12.8. The van der Waals surface area contributed by atoms with E-state index in [-0.39, 0.29) is 5.91 Å². The van der Waals surface area contributed by atoms with Crippen molar-refractivity contribution >= 4 is 11.6 Å². The van der Waals surface area contributed by atoms with Crippen LogP contribution >= 0.6 is 0 Å². The molecule has 94 valence electrons. The summed E-state index contributed by atoms with van der Waals surface area (Å²) in [5.74, 6) is -0.136. The lowest BCUT2D eigenvalue weighted by Crippen LogP contribution is -2.30. The average Bonchev–Trinajstić information content (AvgIpc) is 2.35. The lowest BCUT2D eigenvalue weighted by atomic mass is 10.2. The molecule has 2 N–H and O–H groups in total. The number of amides is 1. The lowest BCUT2D eigenvalue weighted by molar-refractivity contribution is 0.0763. The second-order valence-electron chi connectivity index (χ2n) is 4.04. The number of aromatic nitrogens is 1. The largest absolute Gasteiger partial charge is 0.393 e. The molecule has 1 aromatic rings. The quantitative estimate of drug-likeness (QED) is 0.800. The van der Waals surface area contributed by atoms with E-state index in [9.17, 15) is 9.90 Å². The molecule has 1 unspecified atom stereocenters. The predicted molar refractivity (Wildman–Crippen MR) is 67.0 cm³/mol. The smallest absolute Gasteiger partial charge is 0.272 e. The van der Waals surface area contributed by atoms with Crippen LogP contribution in [0.15, 0.2) is 18.3 Å². The molecule has 17 heavy (non-hydrogen) atoms. The van der Waals surface area contributed by atoms with Crippen molar-refractivity contribution in [2.75, 3.05) is 26.0 Å². The minimum Gasteiger partial charge on any atom is -0.393 e. The van der Waals surface area contributed by atoms with Gasteiger partial charge in [-0.15, -0.1) is 0 Å². The first kappa shape index (κ1) is 13.4. The van der Waals surface area contributed by atoms with E-state index in [1.165, 1.54) is 0 Å². The fourth-order valence-electron chi connectivity index (χ4n) is 1.38. The van der Waals surface area contributed by atoms with E-state index in [0.29, 0.717) is 18.7 Å². The Kier molecular flexibility index (Phi) is 4.90. The van der Waals surface area contributed by atoms with Crippen LogP contribution in [0.3, 0.4) is 0 Å². The Bertz CT molecular complexity index is 380. The molecule has 0 aliphatic rings. The lowest BCUT2D eigenvalue weighted by Gasteiger charge is -2.17. The van der Waals surface area contributed by atoms with Gasteiger partial charge in [-0.2, -0.15) is 0 Å². The fraction of sp³-hybridized carbons (Fsp3) is 0.500. The molecule has 0 bridgehead atoms. The van der Waals surface area contributed by atoms with Gasteiger partial charge in [0.25, 0.3) is 5.91 Å². The molecule has 0 aliphatic heterocycles. The molecule has 1 amide bonds. The maximum atomic E-state index is 12.0. The third-order valence-corrected chi connectivity index (χ3v) is 2.50. The maximum absolute atomic E-state index is 12.0. The van der Waals surface area contributed by atoms with Crippen LogP contribution in [-0.2, 0) is 0 Å². The molecule has 1 heterocycles. The molecule has 1 aromatic heterocycles. The zero-order valence-electron chi connectivity index (χ0n) is 10.5. The fourth-order valence-corrected chi connectivity index (χ4v) is 1.38. The van der Waals surface area contributed by atoms with Gasteiger partial charge in [-0.1, -0.05) is 0 Å². The molecule has 5 heteroatoms. The minimum atomic E-state index is -0.401. The molecule has 1 rings (SSSR count). The van der Waals surface area contributed by atoms with E-state index in [0.717, 1.165) is 5.69 Å². The Balaban J connectivity index is 2.67. The molecular formula is C12H19N3O2. The van der Waals surface area contributed by atoms with Crippen LogP contribution < -0.4 is 5.32 Å². The Morgan fingerprint density at radius 2 is 2.35 bits per heavy atom. The summed E-state index contributed by atoms with van der Waals surface area (Å²) in [7, 11) is 3.50. The van der Waals surface area contributed by atoms with Crippen LogP contribution in [0.25, 0.3) is 0 Å². The van der Waals surface area contributed by atoms with Gasteiger partial charge in [0.15, 0.2) is 0 Å². The van der Waals surface area contributed by atoms with E-state index in [1.807, 2.05) is 0 Å². The van der Waals surface area contributed by atoms with E-state index in [1.54, 1.807) is 44.2 Å². The van der Waals surface area contributed by atoms with Crippen molar-refractivity contribution in [3.8, 4) is 0 Å². The van der Waals surface area contributed by atoms with Crippen molar-refractivity contribution in [2.45, 2.75) is 19.4 Å². The molecule has 0 radical (unpaired) electrons. The van der Waals surface area contributed by atoms with Crippen LogP contribution in [0.2, 0.25) is 0 Å². The average molecular weight is 237 g/mol. The normalized spacial score (nSPS) is 12.0. The Morgan fingerprint density at radius 1 is 1.65 bits per heavy atom. The first-order valence-electron chi connectivity index (χ1n) is 5.62. The third kappa shape index (κ3) is 4.03. The Hall–Kier alpha value is -1.62. The SMILES string of the molecule is CNc1ccnc(C(=O)N(C)CCC(C)O)c1. The molecular weight excluding hydrogens is 218 g/mol. The predicted octanol–water partition coefficient (Wildman–Crippen LogP) is 0.966. The molecule has 1 atom stereocenters. The zero-order valence-corrected chi connectivity index (χ0v) is 10.5.